The van der Waals surface area contributed by atoms with Gasteiger partial charge in [0, 0.05) is 0 Å². The number of aromatic nitrogens is 3. The summed E-state index contributed by atoms with van der Waals surface area (Å²) in [4.78, 5) is 15.2. The zero-order valence-electron chi connectivity index (χ0n) is 8.19. The lowest BCUT2D eigenvalue weighted by atomic mass is 10.3. The SMILES string of the molecule is [N-]=[N+]=CC(=O)c1cnn(-c2ccccc2)n1. The van der Waals surface area contributed by atoms with Crippen molar-refractivity contribution in [2.75, 3.05) is 0 Å². The summed E-state index contributed by atoms with van der Waals surface area (Å²) >= 11 is 0. The van der Waals surface area contributed by atoms with Gasteiger partial charge in [0.05, 0.1) is 11.9 Å². The van der Waals surface area contributed by atoms with Crippen LogP contribution in [0.25, 0.3) is 11.2 Å². The van der Waals surface area contributed by atoms with E-state index in [0.29, 0.717) is 0 Å². The maximum absolute atomic E-state index is 11.3. The number of rotatable bonds is 3. The molecule has 0 unspecified atom stereocenters. The molecule has 0 radical (unpaired) electrons. The van der Waals surface area contributed by atoms with Crippen LogP contribution in [0.5, 0.6) is 0 Å². The van der Waals surface area contributed by atoms with Gasteiger partial charge in [-0.1, -0.05) is 18.2 Å². The van der Waals surface area contributed by atoms with Crippen LogP contribution in [0.3, 0.4) is 0 Å². The van der Waals surface area contributed by atoms with Gasteiger partial charge in [-0.25, -0.2) is 0 Å². The molecule has 6 heteroatoms. The average molecular weight is 213 g/mol. The Hall–Kier alpha value is -2.59. The largest absolute Gasteiger partial charge is 0.361 e. The Kier molecular flexibility index (Phi) is 2.67. The zero-order valence-corrected chi connectivity index (χ0v) is 8.19. The van der Waals surface area contributed by atoms with Crippen molar-refractivity contribution >= 4 is 12.0 Å². The number of hydrogen-bond acceptors (Lipinski definition) is 3. The number of hydrogen-bond donors (Lipinski definition) is 0. The molecule has 0 atom stereocenters. The summed E-state index contributed by atoms with van der Waals surface area (Å²) < 4.78 is 0. The zero-order chi connectivity index (χ0) is 11.4. The summed E-state index contributed by atoms with van der Waals surface area (Å²) in [5.74, 6) is -0.496. The van der Waals surface area contributed by atoms with Gasteiger partial charge in [-0.15, -0.1) is 5.10 Å². The fraction of sp³-hybridized carbons (Fsp3) is 0. The van der Waals surface area contributed by atoms with Gasteiger partial charge >= 0.3 is 6.21 Å². The third kappa shape index (κ3) is 1.92. The molecule has 2 rings (SSSR count). The fourth-order valence-corrected chi connectivity index (χ4v) is 1.18. The normalized spacial score (nSPS) is 9.50. The Labute approximate surface area is 90.8 Å². The molecular formula is C10H7N5O. The van der Waals surface area contributed by atoms with Crippen LogP contribution in [0, 0.1) is 0 Å². The monoisotopic (exact) mass is 213 g/mol. The van der Waals surface area contributed by atoms with E-state index in [0.717, 1.165) is 11.9 Å². The van der Waals surface area contributed by atoms with Crippen LogP contribution in [-0.2, 0) is 0 Å². The predicted octanol–water partition coefficient (Wildman–Crippen LogP) is 0.751. The Morgan fingerprint density at radius 3 is 2.81 bits per heavy atom. The summed E-state index contributed by atoms with van der Waals surface area (Å²) in [6.45, 7) is 0. The summed E-state index contributed by atoms with van der Waals surface area (Å²) in [5, 5.41) is 7.88. The van der Waals surface area contributed by atoms with E-state index in [1.807, 2.05) is 30.3 Å². The van der Waals surface area contributed by atoms with Crippen LogP contribution in [0.1, 0.15) is 10.5 Å². The quantitative estimate of drug-likeness (QED) is 0.326. The number of ketones is 1. The summed E-state index contributed by atoms with van der Waals surface area (Å²) in [6, 6.07) is 9.19. The lowest BCUT2D eigenvalue weighted by Gasteiger charge is -1.96. The molecule has 0 amide bonds. The summed E-state index contributed by atoms with van der Waals surface area (Å²) in [6.07, 6.45) is 2.09. The van der Waals surface area contributed by atoms with Crippen LogP contribution < -0.4 is 0 Å². The van der Waals surface area contributed by atoms with Crippen LogP contribution in [0.4, 0.5) is 0 Å². The number of Topliss-reactive ketones (excluding diaryl/α,β-unsaturated/α-hetero) is 1. The highest BCUT2D eigenvalue weighted by Crippen LogP contribution is 2.03. The minimum absolute atomic E-state index is 0.127. The van der Waals surface area contributed by atoms with Gasteiger partial charge in [-0.05, 0) is 12.1 Å². The lowest BCUT2D eigenvalue weighted by Crippen LogP contribution is -2.04. The number of benzene rings is 1. The number of carbonyl (C=O) groups is 1. The van der Waals surface area contributed by atoms with Gasteiger partial charge < -0.3 is 5.53 Å². The van der Waals surface area contributed by atoms with E-state index in [1.54, 1.807) is 0 Å². The number of carbonyl (C=O) groups excluding carboxylic acids is 1. The highest BCUT2D eigenvalue weighted by atomic mass is 16.1. The average Bonchev–Trinajstić information content (AvgIpc) is 2.80. The van der Waals surface area contributed by atoms with Crippen molar-refractivity contribution in [1.29, 1.82) is 0 Å². The molecule has 1 heterocycles. The van der Waals surface area contributed by atoms with Crippen LogP contribution in [0.15, 0.2) is 36.5 Å². The molecule has 16 heavy (non-hydrogen) atoms. The first-order valence-electron chi connectivity index (χ1n) is 4.51. The molecule has 0 saturated heterocycles. The third-order valence-corrected chi connectivity index (χ3v) is 1.91. The Morgan fingerprint density at radius 2 is 2.12 bits per heavy atom. The van der Waals surface area contributed by atoms with Crippen molar-refractivity contribution in [1.82, 2.24) is 15.0 Å². The second kappa shape index (κ2) is 4.29. The number of para-hydroxylation sites is 1. The Bertz CT molecular complexity index is 554. The molecule has 0 fully saturated rings. The van der Waals surface area contributed by atoms with Gasteiger partial charge in [0.25, 0.3) is 5.78 Å². The minimum atomic E-state index is -0.496. The molecule has 0 saturated carbocycles. The molecule has 1 aromatic carbocycles. The molecule has 6 nitrogen and oxygen atoms in total. The smallest absolute Gasteiger partial charge is 0.329 e. The van der Waals surface area contributed by atoms with E-state index < -0.39 is 5.78 Å². The van der Waals surface area contributed by atoms with Crippen LogP contribution in [-0.4, -0.2) is 31.8 Å². The van der Waals surface area contributed by atoms with Crippen molar-refractivity contribution in [3.8, 4) is 5.69 Å². The van der Waals surface area contributed by atoms with Crippen molar-refractivity contribution in [2.45, 2.75) is 0 Å². The lowest BCUT2D eigenvalue weighted by molar-refractivity contribution is 0.00229. The van der Waals surface area contributed by atoms with Crippen molar-refractivity contribution < 1.29 is 9.58 Å². The molecular weight excluding hydrogens is 206 g/mol. The van der Waals surface area contributed by atoms with Crippen LogP contribution in [0.2, 0.25) is 0 Å². The molecule has 1 aromatic heterocycles. The van der Waals surface area contributed by atoms with Crippen LogP contribution >= 0.6 is 0 Å². The first-order chi connectivity index (χ1) is 7.81. The van der Waals surface area contributed by atoms with E-state index >= 15 is 0 Å². The van der Waals surface area contributed by atoms with E-state index in [4.69, 9.17) is 5.53 Å². The van der Waals surface area contributed by atoms with E-state index in [1.165, 1.54) is 11.0 Å². The van der Waals surface area contributed by atoms with Gasteiger partial charge in [-0.3, -0.25) is 4.79 Å². The standard InChI is InChI=1S/C10H7N5O/c11-12-7-10(16)9-6-13-15(14-9)8-4-2-1-3-5-8/h1-7H. The topological polar surface area (TPSA) is 84.2 Å². The molecule has 0 aliphatic rings. The molecule has 0 bridgehead atoms. The van der Waals surface area contributed by atoms with Gasteiger partial charge in [0.2, 0.25) is 0 Å². The molecule has 2 aromatic rings. The van der Waals surface area contributed by atoms with Crippen molar-refractivity contribution in [2.24, 2.45) is 0 Å². The Morgan fingerprint density at radius 1 is 1.38 bits per heavy atom. The second-order valence-electron chi connectivity index (χ2n) is 2.96. The fourth-order valence-electron chi connectivity index (χ4n) is 1.18. The van der Waals surface area contributed by atoms with E-state index in [-0.39, 0.29) is 5.69 Å². The van der Waals surface area contributed by atoms with Crippen molar-refractivity contribution in [3.05, 3.63) is 47.8 Å². The summed E-state index contributed by atoms with van der Waals surface area (Å²) in [7, 11) is 0. The van der Waals surface area contributed by atoms with E-state index in [9.17, 15) is 4.79 Å². The second-order valence-corrected chi connectivity index (χ2v) is 2.96. The maximum Gasteiger partial charge on any atom is 0.329 e. The highest BCUT2D eigenvalue weighted by Gasteiger charge is 2.12. The molecule has 0 spiro atoms. The predicted molar refractivity (Wildman–Crippen MR) is 55.4 cm³/mol. The third-order valence-electron chi connectivity index (χ3n) is 1.91. The van der Waals surface area contributed by atoms with Gasteiger partial charge in [0.15, 0.2) is 5.69 Å². The molecule has 0 N–H and O–H groups in total. The minimum Gasteiger partial charge on any atom is -0.361 e. The van der Waals surface area contributed by atoms with Crippen molar-refractivity contribution in [3.63, 3.8) is 0 Å². The van der Waals surface area contributed by atoms with Gasteiger partial charge in [0.1, 0.15) is 0 Å². The first kappa shape index (κ1) is 9.95. The van der Waals surface area contributed by atoms with Gasteiger partial charge in [-0.2, -0.15) is 14.7 Å². The number of nitrogens with zero attached hydrogens (tertiary/aromatic N) is 5. The highest BCUT2D eigenvalue weighted by molar-refractivity contribution is 6.32. The molecule has 78 valence electrons. The maximum atomic E-state index is 11.3. The molecule has 0 aliphatic carbocycles. The molecule has 0 aliphatic heterocycles. The Balaban J connectivity index is 2.33. The summed E-state index contributed by atoms with van der Waals surface area (Å²) in [5.41, 5.74) is 9.09. The van der Waals surface area contributed by atoms with E-state index in [2.05, 4.69) is 15.0 Å². The first-order valence-corrected chi connectivity index (χ1v) is 4.51.